The van der Waals surface area contributed by atoms with Crippen LogP contribution in [0.5, 0.6) is 5.75 Å². The van der Waals surface area contributed by atoms with Crippen LogP contribution in [0, 0.1) is 0 Å². The SMILES string of the molecule is CCNC(CCCS(C)(=O)=O)C(C)Oc1cccc(Cl)c1. The second-order valence-corrected chi connectivity index (χ2v) is 7.91. The first-order valence-corrected chi connectivity index (χ1v) is 9.59. The Kier molecular flexibility index (Phi) is 7.49. The molecule has 0 aliphatic heterocycles. The summed E-state index contributed by atoms with van der Waals surface area (Å²) in [5.74, 6) is 0.930. The Bertz CT molecular complexity index is 533. The molecule has 4 nitrogen and oxygen atoms in total. The molecule has 6 heteroatoms. The number of halogens is 1. The summed E-state index contributed by atoms with van der Waals surface area (Å²) in [5.41, 5.74) is 0. The van der Waals surface area contributed by atoms with E-state index in [-0.39, 0.29) is 17.9 Å². The van der Waals surface area contributed by atoms with Crippen molar-refractivity contribution in [2.75, 3.05) is 18.6 Å². The van der Waals surface area contributed by atoms with Crippen LogP contribution in [0.25, 0.3) is 0 Å². The molecule has 0 aliphatic carbocycles. The summed E-state index contributed by atoms with van der Waals surface area (Å²) < 4.78 is 28.3. The lowest BCUT2D eigenvalue weighted by molar-refractivity contribution is 0.165. The van der Waals surface area contributed by atoms with Crippen molar-refractivity contribution in [3.8, 4) is 5.75 Å². The van der Waals surface area contributed by atoms with Crippen molar-refractivity contribution in [3.63, 3.8) is 0 Å². The van der Waals surface area contributed by atoms with Gasteiger partial charge in [0.2, 0.25) is 0 Å². The smallest absolute Gasteiger partial charge is 0.147 e. The number of hydrogen-bond donors (Lipinski definition) is 1. The van der Waals surface area contributed by atoms with Crippen molar-refractivity contribution in [1.82, 2.24) is 5.32 Å². The summed E-state index contributed by atoms with van der Waals surface area (Å²) in [6.07, 6.45) is 2.58. The molecule has 1 rings (SSSR count). The number of likely N-dealkylation sites (N-methyl/N-ethyl adjacent to an activating group) is 1. The van der Waals surface area contributed by atoms with Crippen LogP contribution in [0.15, 0.2) is 24.3 Å². The van der Waals surface area contributed by atoms with Gasteiger partial charge < -0.3 is 10.1 Å². The fourth-order valence-electron chi connectivity index (χ4n) is 2.17. The van der Waals surface area contributed by atoms with Crippen LogP contribution >= 0.6 is 11.6 Å². The van der Waals surface area contributed by atoms with Gasteiger partial charge in [-0.25, -0.2) is 8.42 Å². The van der Waals surface area contributed by atoms with Gasteiger partial charge in [-0.15, -0.1) is 0 Å². The maximum atomic E-state index is 11.2. The van der Waals surface area contributed by atoms with Crippen LogP contribution in [0.2, 0.25) is 5.02 Å². The van der Waals surface area contributed by atoms with Crippen LogP contribution in [0.4, 0.5) is 0 Å². The molecule has 0 amide bonds. The lowest BCUT2D eigenvalue weighted by Crippen LogP contribution is -2.41. The quantitative estimate of drug-likeness (QED) is 0.755. The van der Waals surface area contributed by atoms with Crippen molar-refractivity contribution in [1.29, 1.82) is 0 Å². The molecule has 0 aliphatic rings. The number of sulfone groups is 1. The fraction of sp³-hybridized carbons (Fsp3) is 0.600. The highest BCUT2D eigenvalue weighted by molar-refractivity contribution is 7.90. The summed E-state index contributed by atoms with van der Waals surface area (Å²) in [5, 5.41) is 3.99. The minimum atomic E-state index is -2.91. The fourth-order valence-corrected chi connectivity index (χ4v) is 3.04. The van der Waals surface area contributed by atoms with Crippen LogP contribution in [0.3, 0.4) is 0 Å². The molecule has 1 aromatic carbocycles. The molecule has 0 radical (unpaired) electrons. The Balaban J connectivity index is 2.58. The lowest BCUT2D eigenvalue weighted by atomic mass is 10.1. The summed E-state index contributed by atoms with van der Waals surface area (Å²) in [6.45, 7) is 4.82. The lowest BCUT2D eigenvalue weighted by Gasteiger charge is -2.25. The van der Waals surface area contributed by atoms with Gasteiger partial charge in [-0.1, -0.05) is 24.6 Å². The zero-order chi connectivity index (χ0) is 15.9. The minimum absolute atomic E-state index is 0.0667. The van der Waals surface area contributed by atoms with E-state index >= 15 is 0 Å². The van der Waals surface area contributed by atoms with E-state index in [1.165, 1.54) is 6.26 Å². The molecule has 0 aromatic heterocycles. The van der Waals surface area contributed by atoms with E-state index in [1.807, 2.05) is 26.0 Å². The summed E-state index contributed by atoms with van der Waals surface area (Å²) in [4.78, 5) is 0. The third-order valence-electron chi connectivity index (χ3n) is 3.18. The highest BCUT2D eigenvalue weighted by atomic mass is 35.5. The van der Waals surface area contributed by atoms with Crippen LogP contribution in [-0.4, -0.2) is 39.1 Å². The standard InChI is InChI=1S/C15H24ClNO3S/c1-4-17-15(9-6-10-21(3,18)19)12(2)20-14-8-5-7-13(16)11-14/h5,7-8,11-12,15,17H,4,6,9-10H2,1-3H3. The Labute approximate surface area is 132 Å². The molecule has 120 valence electrons. The van der Waals surface area contributed by atoms with Gasteiger partial charge in [-0.05, 0) is 44.5 Å². The molecule has 0 saturated heterocycles. The Hall–Kier alpha value is -0.780. The van der Waals surface area contributed by atoms with Crippen LogP contribution in [-0.2, 0) is 9.84 Å². The highest BCUT2D eigenvalue weighted by Gasteiger charge is 2.18. The van der Waals surface area contributed by atoms with E-state index in [2.05, 4.69) is 5.32 Å². The maximum Gasteiger partial charge on any atom is 0.147 e. The summed E-state index contributed by atoms with van der Waals surface area (Å²) >= 11 is 5.94. The Morgan fingerprint density at radius 1 is 1.38 bits per heavy atom. The number of nitrogens with one attached hydrogen (secondary N) is 1. The van der Waals surface area contributed by atoms with E-state index in [1.54, 1.807) is 12.1 Å². The second kappa shape index (κ2) is 8.61. The van der Waals surface area contributed by atoms with Crippen molar-refractivity contribution in [2.24, 2.45) is 0 Å². The first-order valence-electron chi connectivity index (χ1n) is 7.15. The van der Waals surface area contributed by atoms with Gasteiger partial charge in [0, 0.05) is 23.1 Å². The Morgan fingerprint density at radius 2 is 2.10 bits per heavy atom. The van der Waals surface area contributed by atoms with Gasteiger partial charge in [-0.2, -0.15) is 0 Å². The first kappa shape index (κ1) is 18.3. The molecule has 1 N–H and O–H groups in total. The largest absolute Gasteiger partial charge is 0.489 e. The summed E-state index contributed by atoms with van der Waals surface area (Å²) in [7, 11) is -2.91. The van der Waals surface area contributed by atoms with Crippen LogP contribution < -0.4 is 10.1 Å². The van der Waals surface area contributed by atoms with Gasteiger partial charge in [-0.3, -0.25) is 0 Å². The third-order valence-corrected chi connectivity index (χ3v) is 4.45. The topological polar surface area (TPSA) is 55.4 Å². The average Bonchev–Trinajstić information content (AvgIpc) is 2.36. The molecule has 0 fully saturated rings. The first-order chi connectivity index (χ1) is 9.81. The van der Waals surface area contributed by atoms with Gasteiger partial charge >= 0.3 is 0 Å². The van der Waals surface area contributed by atoms with Crippen LogP contribution in [0.1, 0.15) is 26.7 Å². The van der Waals surface area contributed by atoms with Gasteiger partial charge in [0.25, 0.3) is 0 Å². The highest BCUT2D eigenvalue weighted by Crippen LogP contribution is 2.20. The van der Waals surface area contributed by atoms with Crippen molar-refractivity contribution in [3.05, 3.63) is 29.3 Å². The van der Waals surface area contributed by atoms with Crippen molar-refractivity contribution in [2.45, 2.75) is 38.8 Å². The van der Waals surface area contributed by atoms with Crippen molar-refractivity contribution < 1.29 is 13.2 Å². The second-order valence-electron chi connectivity index (χ2n) is 5.22. The average molecular weight is 334 g/mol. The maximum absolute atomic E-state index is 11.2. The normalized spacial score (nSPS) is 14.7. The number of benzene rings is 1. The van der Waals surface area contributed by atoms with Crippen molar-refractivity contribution >= 4 is 21.4 Å². The van der Waals surface area contributed by atoms with E-state index < -0.39 is 9.84 Å². The van der Waals surface area contributed by atoms with E-state index in [9.17, 15) is 8.42 Å². The third kappa shape index (κ3) is 7.69. The molecule has 21 heavy (non-hydrogen) atoms. The Morgan fingerprint density at radius 3 is 2.67 bits per heavy atom. The van der Waals surface area contributed by atoms with E-state index in [0.29, 0.717) is 11.4 Å². The molecule has 2 unspecified atom stereocenters. The predicted octanol–water partition coefficient (Wildman–Crippen LogP) is 2.91. The van der Waals surface area contributed by atoms with Gasteiger partial charge in [0.15, 0.2) is 0 Å². The molecule has 0 heterocycles. The molecular formula is C15H24ClNO3S. The van der Waals surface area contributed by atoms with Gasteiger partial charge in [0.1, 0.15) is 21.7 Å². The zero-order valence-electron chi connectivity index (χ0n) is 12.8. The molecule has 0 bridgehead atoms. The van der Waals surface area contributed by atoms with Gasteiger partial charge in [0.05, 0.1) is 0 Å². The predicted molar refractivity (Wildman–Crippen MR) is 88.0 cm³/mol. The van der Waals surface area contributed by atoms with E-state index in [4.69, 9.17) is 16.3 Å². The molecular weight excluding hydrogens is 310 g/mol. The molecule has 0 spiro atoms. The van der Waals surface area contributed by atoms with E-state index in [0.717, 1.165) is 18.7 Å². The number of rotatable bonds is 9. The minimum Gasteiger partial charge on any atom is -0.489 e. The zero-order valence-corrected chi connectivity index (χ0v) is 14.4. The molecule has 1 aromatic rings. The monoisotopic (exact) mass is 333 g/mol. The summed E-state index contributed by atoms with van der Waals surface area (Å²) in [6, 6.07) is 7.39. The number of ether oxygens (including phenoxy) is 1. The molecule has 2 atom stereocenters. The number of hydrogen-bond acceptors (Lipinski definition) is 4. The molecule has 0 saturated carbocycles.